The second-order valence-corrected chi connectivity index (χ2v) is 6.56. The second-order valence-electron chi connectivity index (χ2n) is 4.49. The molecule has 0 atom stereocenters. The van der Waals surface area contributed by atoms with Crippen molar-refractivity contribution in [1.29, 1.82) is 0 Å². The van der Waals surface area contributed by atoms with Crippen molar-refractivity contribution in [3.05, 3.63) is 41.7 Å². The first-order valence-electron chi connectivity index (χ1n) is 5.96. The minimum Gasteiger partial charge on any atom is -0.398 e. The van der Waals surface area contributed by atoms with E-state index in [1.54, 1.807) is 43.0 Å². The second kappa shape index (κ2) is 5.05. The number of sulfone groups is 1. The van der Waals surface area contributed by atoms with Crippen molar-refractivity contribution < 1.29 is 8.42 Å². The van der Waals surface area contributed by atoms with E-state index in [-0.39, 0.29) is 5.75 Å². The quantitative estimate of drug-likeness (QED) is 0.856. The van der Waals surface area contributed by atoms with Crippen LogP contribution in [-0.4, -0.2) is 24.0 Å². The zero-order chi connectivity index (χ0) is 14.0. The van der Waals surface area contributed by atoms with Gasteiger partial charge >= 0.3 is 0 Å². The molecule has 0 aliphatic carbocycles. The van der Waals surface area contributed by atoms with Gasteiger partial charge < -0.3 is 5.73 Å². The van der Waals surface area contributed by atoms with Crippen LogP contribution < -0.4 is 5.73 Å². The molecule has 0 spiro atoms. The Bertz CT molecular complexity index is 690. The summed E-state index contributed by atoms with van der Waals surface area (Å²) in [5.41, 5.74) is 7.77. The Balaban J connectivity index is 2.24. The van der Waals surface area contributed by atoms with Crippen LogP contribution in [0.15, 0.2) is 35.4 Å². The van der Waals surface area contributed by atoms with Gasteiger partial charge in [-0.05, 0) is 30.7 Å². The normalized spacial score (nSPS) is 11.7. The van der Waals surface area contributed by atoms with Crippen molar-refractivity contribution in [2.45, 2.75) is 18.2 Å². The van der Waals surface area contributed by atoms with E-state index in [2.05, 4.69) is 5.10 Å². The van der Waals surface area contributed by atoms with Crippen LogP contribution in [0.25, 0.3) is 0 Å². The molecular formula is C13H17N3O2S. The summed E-state index contributed by atoms with van der Waals surface area (Å²) < 4.78 is 26.3. The van der Waals surface area contributed by atoms with Crippen molar-refractivity contribution in [1.82, 2.24) is 9.78 Å². The van der Waals surface area contributed by atoms with E-state index in [1.807, 2.05) is 6.07 Å². The van der Waals surface area contributed by atoms with Crippen molar-refractivity contribution in [3.8, 4) is 0 Å². The summed E-state index contributed by atoms with van der Waals surface area (Å²) in [6, 6.07) is 6.79. The lowest BCUT2D eigenvalue weighted by atomic mass is 10.2. The number of nitrogen functional groups attached to an aromatic ring is 1. The third kappa shape index (κ3) is 2.78. The molecular weight excluding hydrogens is 262 g/mol. The molecule has 0 radical (unpaired) electrons. The Morgan fingerprint density at radius 3 is 2.68 bits per heavy atom. The molecule has 1 heterocycles. The average Bonchev–Trinajstić information content (AvgIpc) is 2.76. The van der Waals surface area contributed by atoms with Gasteiger partial charge in [-0.25, -0.2) is 8.42 Å². The maximum Gasteiger partial charge on any atom is 0.179 e. The van der Waals surface area contributed by atoms with Crippen LogP contribution in [0.5, 0.6) is 0 Å². The van der Waals surface area contributed by atoms with Gasteiger partial charge in [0.05, 0.1) is 10.6 Å². The average molecular weight is 279 g/mol. The number of aryl methyl sites for hydroxylation is 2. The molecule has 0 saturated carbocycles. The Morgan fingerprint density at radius 2 is 2.05 bits per heavy atom. The molecule has 6 heteroatoms. The molecule has 0 saturated heterocycles. The largest absolute Gasteiger partial charge is 0.398 e. The molecule has 2 aromatic rings. The third-order valence-corrected chi connectivity index (χ3v) is 5.06. The summed E-state index contributed by atoms with van der Waals surface area (Å²) in [5.74, 6) is 0.0524. The Kier molecular flexibility index (Phi) is 3.61. The van der Waals surface area contributed by atoms with Gasteiger partial charge in [0.2, 0.25) is 0 Å². The van der Waals surface area contributed by atoms with Crippen molar-refractivity contribution in [3.63, 3.8) is 0 Å². The van der Waals surface area contributed by atoms with Gasteiger partial charge in [0.25, 0.3) is 0 Å². The van der Waals surface area contributed by atoms with Gasteiger partial charge in [-0.3, -0.25) is 4.68 Å². The molecule has 0 bridgehead atoms. The first kappa shape index (κ1) is 13.6. The van der Waals surface area contributed by atoms with Crippen LogP contribution in [0, 0.1) is 6.92 Å². The zero-order valence-electron chi connectivity index (χ0n) is 11.0. The zero-order valence-corrected chi connectivity index (χ0v) is 11.8. The lowest BCUT2D eigenvalue weighted by Crippen LogP contribution is -2.13. The van der Waals surface area contributed by atoms with Crippen LogP contribution in [0.3, 0.4) is 0 Å². The third-order valence-electron chi connectivity index (χ3n) is 3.21. The molecule has 0 amide bonds. The summed E-state index contributed by atoms with van der Waals surface area (Å²) in [7, 11) is -1.53. The topological polar surface area (TPSA) is 78.0 Å². The van der Waals surface area contributed by atoms with E-state index < -0.39 is 9.84 Å². The summed E-state index contributed by atoms with van der Waals surface area (Å²) >= 11 is 0. The highest BCUT2D eigenvalue weighted by Crippen LogP contribution is 2.22. The summed E-state index contributed by atoms with van der Waals surface area (Å²) in [5, 5.41) is 4.02. The van der Waals surface area contributed by atoms with Crippen molar-refractivity contribution in [2.24, 2.45) is 7.05 Å². The highest BCUT2D eigenvalue weighted by atomic mass is 32.2. The molecule has 0 aliphatic rings. The summed E-state index contributed by atoms with van der Waals surface area (Å²) in [6.45, 7) is 1.73. The lowest BCUT2D eigenvalue weighted by molar-refractivity contribution is 0.593. The summed E-state index contributed by atoms with van der Waals surface area (Å²) in [4.78, 5) is 0.315. The number of anilines is 1. The number of hydrogen-bond acceptors (Lipinski definition) is 4. The molecule has 19 heavy (non-hydrogen) atoms. The molecule has 102 valence electrons. The van der Waals surface area contributed by atoms with Crippen LogP contribution in [0.4, 0.5) is 5.69 Å². The van der Waals surface area contributed by atoms with E-state index in [0.29, 0.717) is 22.6 Å². The van der Waals surface area contributed by atoms with Gasteiger partial charge in [0.15, 0.2) is 9.84 Å². The predicted octanol–water partition coefficient (Wildman–Crippen LogP) is 1.33. The van der Waals surface area contributed by atoms with E-state index in [1.165, 1.54) is 0 Å². The number of nitrogens with two attached hydrogens (primary N) is 1. The van der Waals surface area contributed by atoms with Crippen LogP contribution in [0.2, 0.25) is 0 Å². The van der Waals surface area contributed by atoms with E-state index >= 15 is 0 Å². The molecule has 5 nitrogen and oxygen atoms in total. The SMILES string of the molecule is Cc1c(N)cccc1S(=O)(=O)CCc1ccnn1C. The van der Waals surface area contributed by atoms with Crippen LogP contribution >= 0.6 is 0 Å². The highest BCUT2D eigenvalue weighted by Gasteiger charge is 2.18. The van der Waals surface area contributed by atoms with Gasteiger partial charge in [-0.15, -0.1) is 0 Å². The van der Waals surface area contributed by atoms with E-state index in [9.17, 15) is 8.42 Å². The number of nitrogens with zero attached hydrogens (tertiary/aromatic N) is 2. The van der Waals surface area contributed by atoms with Crippen molar-refractivity contribution in [2.75, 3.05) is 11.5 Å². The number of benzene rings is 1. The number of rotatable bonds is 4. The van der Waals surface area contributed by atoms with Crippen LogP contribution in [0.1, 0.15) is 11.3 Å². The minimum absolute atomic E-state index is 0.0524. The molecule has 1 aromatic carbocycles. The molecule has 0 fully saturated rings. The van der Waals surface area contributed by atoms with Gasteiger partial charge in [0.1, 0.15) is 0 Å². The monoisotopic (exact) mass is 279 g/mol. The van der Waals surface area contributed by atoms with Crippen LogP contribution in [-0.2, 0) is 23.3 Å². The van der Waals surface area contributed by atoms with Gasteiger partial charge in [-0.2, -0.15) is 5.10 Å². The summed E-state index contributed by atoms with van der Waals surface area (Å²) in [6.07, 6.45) is 2.10. The molecule has 2 rings (SSSR count). The van der Waals surface area contributed by atoms with Gasteiger partial charge in [0, 0.05) is 31.0 Å². The van der Waals surface area contributed by atoms with E-state index in [0.717, 1.165) is 5.69 Å². The van der Waals surface area contributed by atoms with Gasteiger partial charge in [-0.1, -0.05) is 6.07 Å². The maximum atomic E-state index is 12.3. The number of aromatic nitrogens is 2. The maximum absolute atomic E-state index is 12.3. The lowest BCUT2D eigenvalue weighted by Gasteiger charge is -2.09. The predicted molar refractivity (Wildman–Crippen MR) is 74.6 cm³/mol. The Labute approximate surface area is 113 Å². The Morgan fingerprint density at radius 1 is 1.32 bits per heavy atom. The number of hydrogen-bond donors (Lipinski definition) is 1. The standard InChI is InChI=1S/C13H17N3O2S/c1-10-12(14)4-3-5-13(10)19(17,18)9-7-11-6-8-15-16(11)2/h3-6,8H,7,9,14H2,1-2H3. The smallest absolute Gasteiger partial charge is 0.179 e. The van der Waals surface area contributed by atoms with E-state index in [4.69, 9.17) is 5.73 Å². The first-order chi connectivity index (χ1) is 8.92. The fraction of sp³-hybridized carbons (Fsp3) is 0.308. The Hall–Kier alpha value is -1.82. The first-order valence-corrected chi connectivity index (χ1v) is 7.62. The molecule has 1 aromatic heterocycles. The fourth-order valence-electron chi connectivity index (χ4n) is 1.96. The fourth-order valence-corrected chi connectivity index (χ4v) is 3.53. The highest BCUT2D eigenvalue weighted by molar-refractivity contribution is 7.91. The molecule has 0 aliphatic heterocycles. The van der Waals surface area contributed by atoms with Crippen molar-refractivity contribution >= 4 is 15.5 Å². The minimum atomic E-state index is -3.33. The molecule has 0 unspecified atom stereocenters. The molecule has 2 N–H and O–H groups in total.